The van der Waals surface area contributed by atoms with Crippen LogP contribution >= 0.6 is 0 Å². The Balaban J connectivity index is 0. The van der Waals surface area contributed by atoms with Crippen molar-refractivity contribution >= 4 is 17.3 Å². The van der Waals surface area contributed by atoms with Gasteiger partial charge < -0.3 is 0 Å². The van der Waals surface area contributed by atoms with Gasteiger partial charge in [0.15, 0.2) is 0 Å². The molecule has 0 aromatic heterocycles. The summed E-state index contributed by atoms with van der Waals surface area (Å²) in [6.45, 7) is 3.73. The average Bonchev–Trinajstić information content (AvgIpc) is 1.84. The Morgan fingerprint density at radius 2 is 1.00 bits per heavy atom. The first-order valence-electron chi connectivity index (χ1n) is 3.39. The van der Waals surface area contributed by atoms with Gasteiger partial charge in [0.1, 0.15) is 23.3 Å². The Hall–Kier alpha value is -0.676. The van der Waals surface area contributed by atoms with Crippen molar-refractivity contribution in [3.8, 4) is 0 Å². The molecule has 0 amide bonds. The third-order valence-electron chi connectivity index (χ3n) is 1.22. The summed E-state index contributed by atoms with van der Waals surface area (Å²) in [6.07, 6.45) is 0. The van der Waals surface area contributed by atoms with Gasteiger partial charge in [-0.3, -0.25) is 14.4 Å². The predicted octanol–water partition coefficient (Wildman–Crippen LogP) is 0.130. The monoisotopic (exact) mass is 222 g/mol. The van der Waals surface area contributed by atoms with E-state index in [0.29, 0.717) is 0 Å². The van der Waals surface area contributed by atoms with E-state index in [1.54, 1.807) is 0 Å². The second-order valence-corrected chi connectivity index (χ2v) is 2.61. The van der Waals surface area contributed by atoms with Crippen LogP contribution in [0, 0.1) is 5.92 Å². The fraction of sp³-hybridized carbons (Fsp3) is 0.571. The Kier molecular flexibility index (Phi) is 9.06. The zero-order valence-corrected chi connectivity index (χ0v) is 9.18. The van der Waals surface area contributed by atoms with Gasteiger partial charge in [-0.2, -0.15) is 0 Å². The summed E-state index contributed by atoms with van der Waals surface area (Å²) in [7, 11) is 0. The van der Waals surface area contributed by atoms with E-state index >= 15 is 0 Å². The fourth-order valence-corrected chi connectivity index (χ4v) is 0.859. The Morgan fingerprint density at radius 1 is 0.846 bits per heavy atom. The number of carbonyl (C=O) groups is 3. The first-order valence-corrected chi connectivity index (χ1v) is 4.66. The van der Waals surface area contributed by atoms with Gasteiger partial charge in [0.05, 0.1) is 0 Å². The second-order valence-electron chi connectivity index (χ2n) is 2.35. The maximum absolute atomic E-state index is 10.6. The standard InChI is InChI=1S/C7H10O3.2O.Ti/c1-4(8)7(5(2)9)6(3)10;;;/h7H,1-3H3;;;. The minimum absolute atomic E-state index is 0.375. The Labute approximate surface area is 84.5 Å². The number of Topliss-reactive ketones (excluding diaryl/α,β-unsaturated/α-hetero) is 3. The summed E-state index contributed by atoms with van der Waals surface area (Å²) in [4.78, 5) is 31.8. The van der Waals surface area contributed by atoms with Crippen molar-refractivity contribution in [2.75, 3.05) is 0 Å². The molecule has 0 unspecified atom stereocenters. The third kappa shape index (κ3) is 7.68. The molecule has 0 N–H and O–H groups in total. The van der Waals surface area contributed by atoms with Crippen LogP contribution in [0.5, 0.6) is 0 Å². The number of carbonyl (C=O) groups excluding carboxylic acids is 3. The van der Waals surface area contributed by atoms with E-state index in [2.05, 4.69) is 0 Å². The summed E-state index contributed by atoms with van der Waals surface area (Å²) in [5.74, 6) is -2.15. The summed E-state index contributed by atoms with van der Waals surface area (Å²) in [6, 6.07) is 0. The van der Waals surface area contributed by atoms with Crippen LogP contribution in [0.15, 0.2) is 0 Å². The van der Waals surface area contributed by atoms with E-state index in [4.69, 9.17) is 6.65 Å². The maximum atomic E-state index is 10.6. The Bertz CT molecular complexity index is 218. The quantitative estimate of drug-likeness (QED) is 0.500. The fourth-order valence-electron chi connectivity index (χ4n) is 0.859. The van der Waals surface area contributed by atoms with Crippen molar-refractivity contribution in [2.24, 2.45) is 5.92 Å². The van der Waals surface area contributed by atoms with Crippen LogP contribution in [0.4, 0.5) is 0 Å². The molecule has 72 valence electrons. The summed E-state index contributed by atoms with van der Waals surface area (Å²) < 4.78 is 17.0. The second kappa shape index (κ2) is 7.95. The molecular formula is C7H10O5Ti. The van der Waals surface area contributed by atoms with E-state index in [1.807, 2.05) is 0 Å². The van der Waals surface area contributed by atoms with Gasteiger partial charge in [0.2, 0.25) is 0 Å². The van der Waals surface area contributed by atoms with E-state index in [1.165, 1.54) is 20.8 Å². The molecule has 0 bridgehead atoms. The molecule has 0 saturated carbocycles. The van der Waals surface area contributed by atoms with E-state index in [-0.39, 0.29) is 17.3 Å². The van der Waals surface area contributed by atoms with Crippen LogP contribution in [-0.4, -0.2) is 17.3 Å². The molecule has 0 aliphatic rings. The van der Waals surface area contributed by atoms with Crippen LogP contribution in [0.3, 0.4) is 0 Å². The van der Waals surface area contributed by atoms with Crippen LogP contribution in [0.1, 0.15) is 20.8 Å². The molecule has 0 aliphatic carbocycles. The van der Waals surface area contributed by atoms with Crippen molar-refractivity contribution in [1.82, 2.24) is 0 Å². The number of rotatable bonds is 3. The van der Waals surface area contributed by atoms with Crippen LogP contribution < -0.4 is 0 Å². The molecule has 0 spiro atoms. The minimum atomic E-state index is -2.00. The molecule has 0 aromatic rings. The van der Waals surface area contributed by atoms with E-state index < -0.39 is 25.0 Å². The first-order chi connectivity index (χ1) is 5.88. The molecule has 0 aliphatic heterocycles. The summed E-state index contributed by atoms with van der Waals surface area (Å²) in [5, 5.41) is 0. The van der Waals surface area contributed by atoms with Gasteiger partial charge in [-0.1, -0.05) is 0 Å². The molecule has 13 heavy (non-hydrogen) atoms. The molecule has 5 nitrogen and oxygen atoms in total. The molecule has 0 aromatic carbocycles. The molecule has 0 rings (SSSR count). The molecule has 0 saturated heterocycles. The number of ketones is 3. The van der Waals surface area contributed by atoms with Crippen LogP contribution in [-0.2, 0) is 40.1 Å². The zero-order valence-electron chi connectivity index (χ0n) is 7.62. The van der Waals surface area contributed by atoms with Crippen LogP contribution in [0.2, 0.25) is 0 Å². The van der Waals surface area contributed by atoms with Gasteiger partial charge in [-0.15, -0.1) is 0 Å². The van der Waals surface area contributed by atoms with Gasteiger partial charge in [-0.25, -0.2) is 0 Å². The molecule has 0 atom stereocenters. The van der Waals surface area contributed by atoms with Crippen LogP contribution in [0.25, 0.3) is 0 Å². The number of hydrogen-bond acceptors (Lipinski definition) is 5. The van der Waals surface area contributed by atoms with Crippen molar-refractivity contribution in [1.29, 1.82) is 0 Å². The first kappa shape index (κ1) is 14.8. The van der Waals surface area contributed by atoms with Crippen molar-refractivity contribution < 1.29 is 40.1 Å². The van der Waals surface area contributed by atoms with Gasteiger partial charge in [0.25, 0.3) is 0 Å². The normalized spacial score (nSPS) is 8.00. The molecule has 0 radical (unpaired) electrons. The molecule has 6 heteroatoms. The van der Waals surface area contributed by atoms with Crippen molar-refractivity contribution in [3.63, 3.8) is 0 Å². The van der Waals surface area contributed by atoms with E-state index in [9.17, 15) is 14.4 Å². The SMILES string of the molecule is CC(=O)C(C(C)=O)C(C)=O.[O]=[Ti]=[O]. The molecular weight excluding hydrogens is 212 g/mol. The topological polar surface area (TPSA) is 85.3 Å². The number of hydrogen-bond donors (Lipinski definition) is 0. The summed E-state index contributed by atoms with van der Waals surface area (Å²) >= 11 is -2.00. The average molecular weight is 222 g/mol. The summed E-state index contributed by atoms with van der Waals surface area (Å²) in [5.41, 5.74) is 0. The predicted molar refractivity (Wildman–Crippen MR) is 36.9 cm³/mol. The van der Waals surface area contributed by atoms with Crippen molar-refractivity contribution in [3.05, 3.63) is 0 Å². The van der Waals surface area contributed by atoms with Gasteiger partial charge >= 0.3 is 25.7 Å². The van der Waals surface area contributed by atoms with Gasteiger partial charge in [-0.05, 0) is 20.8 Å². The zero-order chi connectivity index (χ0) is 11.0. The molecule has 0 heterocycles. The van der Waals surface area contributed by atoms with E-state index in [0.717, 1.165) is 0 Å². The molecule has 0 fully saturated rings. The Morgan fingerprint density at radius 3 is 1.00 bits per heavy atom. The van der Waals surface area contributed by atoms with Gasteiger partial charge in [0, 0.05) is 0 Å². The van der Waals surface area contributed by atoms with Crippen molar-refractivity contribution in [2.45, 2.75) is 20.8 Å². The third-order valence-corrected chi connectivity index (χ3v) is 1.22.